The van der Waals surface area contributed by atoms with Crippen LogP contribution >= 0.6 is 0 Å². The first-order chi connectivity index (χ1) is 15.8. The van der Waals surface area contributed by atoms with Gasteiger partial charge in [-0.25, -0.2) is 19.2 Å². The zero-order valence-electron chi connectivity index (χ0n) is 19.7. The summed E-state index contributed by atoms with van der Waals surface area (Å²) in [7, 11) is 1.61. The maximum atomic E-state index is 13.6. The Morgan fingerprint density at radius 1 is 1.15 bits per heavy atom. The molecule has 1 aliphatic rings. The van der Waals surface area contributed by atoms with Gasteiger partial charge in [-0.2, -0.15) is 0 Å². The van der Waals surface area contributed by atoms with Crippen molar-refractivity contribution < 1.29 is 9.13 Å². The van der Waals surface area contributed by atoms with Crippen LogP contribution in [0.2, 0.25) is 0 Å². The molecule has 1 saturated carbocycles. The Bertz CT molecular complexity index is 1140. The number of anilines is 1. The topological polar surface area (TPSA) is 74.0 Å². The first-order valence-corrected chi connectivity index (χ1v) is 11.5. The smallest absolute Gasteiger partial charge is 0.333 e. The summed E-state index contributed by atoms with van der Waals surface area (Å²) in [5, 5.41) is 3.46. The van der Waals surface area contributed by atoms with Crippen molar-refractivity contribution in [3.63, 3.8) is 0 Å². The van der Waals surface area contributed by atoms with E-state index in [4.69, 9.17) is 9.72 Å². The molecule has 3 aromatic rings. The summed E-state index contributed by atoms with van der Waals surface area (Å²) in [5.41, 5.74) is 0.966. The van der Waals surface area contributed by atoms with E-state index in [-0.39, 0.29) is 11.5 Å². The molecule has 4 rings (SSSR count). The molecule has 0 atom stereocenters. The van der Waals surface area contributed by atoms with Crippen molar-refractivity contribution in [1.29, 1.82) is 0 Å². The number of hydrogen-bond acceptors (Lipinski definition) is 5. The molecule has 8 heteroatoms. The van der Waals surface area contributed by atoms with Crippen molar-refractivity contribution in [3.8, 4) is 17.1 Å². The molecule has 176 valence electrons. The number of ether oxygens (including phenoxy) is 1. The second-order valence-electron chi connectivity index (χ2n) is 9.59. The summed E-state index contributed by atoms with van der Waals surface area (Å²) in [6.07, 6.45) is 8.07. The number of nitrogens with zero attached hydrogens (tertiary/aromatic N) is 4. The molecule has 33 heavy (non-hydrogen) atoms. The maximum Gasteiger partial charge on any atom is 0.333 e. The number of imidazole rings is 1. The lowest BCUT2D eigenvalue weighted by molar-refractivity contribution is 0.107. The monoisotopic (exact) mass is 453 g/mol. The minimum absolute atomic E-state index is 0.243. The van der Waals surface area contributed by atoms with Crippen LogP contribution in [-0.4, -0.2) is 38.9 Å². The van der Waals surface area contributed by atoms with E-state index in [2.05, 4.69) is 17.2 Å². The van der Waals surface area contributed by atoms with Gasteiger partial charge in [-0.15, -0.1) is 0 Å². The van der Waals surface area contributed by atoms with E-state index in [1.807, 2.05) is 13.8 Å². The molecule has 1 aliphatic carbocycles. The molecular formula is C25H32FN5O2. The highest BCUT2D eigenvalue weighted by Gasteiger charge is 2.27. The number of rotatable bonds is 7. The SMILES string of the molecule is COCC(C)(C)n1cc(-c2ccnc(N[C@H]3CC[C@H](C)CC3)n2)n(-c2ccc(F)cc2)c1=O. The van der Waals surface area contributed by atoms with E-state index in [1.165, 1.54) is 25.0 Å². The molecular weight excluding hydrogens is 421 g/mol. The molecule has 0 radical (unpaired) electrons. The lowest BCUT2D eigenvalue weighted by atomic mass is 9.87. The van der Waals surface area contributed by atoms with Gasteiger partial charge >= 0.3 is 5.69 Å². The van der Waals surface area contributed by atoms with Crippen LogP contribution < -0.4 is 11.0 Å². The fourth-order valence-electron chi connectivity index (χ4n) is 4.48. The quantitative estimate of drug-likeness (QED) is 0.566. The molecule has 0 bridgehead atoms. The number of aromatic nitrogens is 4. The standard InChI is InChI=1S/C25H32FN5O2/c1-17-5-9-19(10-6-17)28-23-27-14-13-21(29-23)22-15-30(25(2,3)16-33-4)24(32)31(22)20-11-7-18(26)8-12-20/h7-8,11-15,17,19H,5-6,9-10,16H2,1-4H3,(H,27,28,29)/t17-,19-. The van der Waals surface area contributed by atoms with Gasteiger partial charge in [0.1, 0.15) is 5.82 Å². The van der Waals surface area contributed by atoms with Crippen molar-refractivity contribution in [2.75, 3.05) is 19.0 Å². The van der Waals surface area contributed by atoms with E-state index in [0.717, 1.165) is 18.8 Å². The largest absolute Gasteiger partial charge is 0.382 e. The zero-order chi connectivity index (χ0) is 23.6. The molecule has 2 aromatic heterocycles. The highest BCUT2D eigenvalue weighted by molar-refractivity contribution is 5.59. The van der Waals surface area contributed by atoms with Crippen LogP contribution in [0.3, 0.4) is 0 Å². The van der Waals surface area contributed by atoms with Crippen molar-refractivity contribution in [2.24, 2.45) is 5.92 Å². The Morgan fingerprint density at radius 3 is 2.52 bits per heavy atom. The predicted molar refractivity (Wildman–Crippen MR) is 127 cm³/mol. The third-order valence-corrected chi connectivity index (χ3v) is 6.39. The molecule has 0 saturated heterocycles. The lowest BCUT2D eigenvalue weighted by Gasteiger charge is -2.26. The number of nitrogens with one attached hydrogen (secondary N) is 1. The van der Waals surface area contributed by atoms with Crippen LogP contribution in [0, 0.1) is 11.7 Å². The Kier molecular flexibility index (Phi) is 6.65. The minimum Gasteiger partial charge on any atom is -0.382 e. The highest BCUT2D eigenvalue weighted by Crippen LogP contribution is 2.27. The van der Waals surface area contributed by atoms with Gasteiger partial charge in [0.15, 0.2) is 0 Å². The fraction of sp³-hybridized carbons (Fsp3) is 0.480. The normalized spacial score (nSPS) is 18.9. The summed E-state index contributed by atoms with van der Waals surface area (Å²) in [4.78, 5) is 22.7. The average Bonchev–Trinajstić information content (AvgIpc) is 3.14. The number of hydrogen-bond donors (Lipinski definition) is 1. The van der Waals surface area contributed by atoms with E-state index >= 15 is 0 Å². The lowest BCUT2D eigenvalue weighted by Crippen LogP contribution is -2.39. The van der Waals surface area contributed by atoms with Crippen LogP contribution in [0.4, 0.5) is 10.3 Å². The third-order valence-electron chi connectivity index (χ3n) is 6.39. The van der Waals surface area contributed by atoms with Crippen LogP contribution in [0.15, 0.2) is 47.5 Å². The number of methoxy groups -OCH3 is 1. The highest BCUT2D eigenvalue weighted by atomic mass is 19.1. The van der Waals surface area contributed by atoms with Crippen molar-refractivity contribution in [2.45, 2.75) is 58.0 Å². The van der Waals surface area contributed by atoms with Gasteiger partial charge in [-0.1, -0.05) is 6.92 Å². The minimum atomic E-state index is -0.585. The van der Waals surface area contributed by atoms with Crippen molar-refractivity contribution in [3.05, 3.63) is 59.0 Å². The van der Waals surface area contributed by atoms with Crippen molar-refractivity contribution >= 4 is 5.95 Å². The molecule has 0 aliphatic heterocycles. The molecule has 0 spiro atoms. The van der Waals surface area contributed by atoms with E-state index in [9.17, 15) is 9.18 Å². The number of benzene rings is 1. The van der Waals surface area contributed by atoms with E-state index in [1.54, 1.807) is 46.8 Å². The molecule has 7 nitrogen and oxygen atoms in total. The van der Waals surface area contributed by atoms with Crippen LogP contribution in [0.1, 0.15) is 46.5 Å². The van der Waals surface area contributed by atoms with Gasteiger partial charge in [0.05, 0.1) is 29.2 Å². The Hall–Kier alpha value is -3.00. The van der Waals surface area contributed by atoms with Gasteiger partial charge < -0.3 is 10.1 Å². The second kappa shape index (κ2) is 9.47. The Labute approximate surface area is 193 Å². The summed E-state index contributed by atoms with van der Waals surface area (Å²) in [5.74, 6) is 0.951. The van der Waals surface area contributed by atoms with Gasteiger partial charge in [0, 0.05) is 25.5 Å². The van der Waals surface area contributed by atoms with Crippen LogP contribution in [-0.2, 0) is 10.3 Å². The Morgan fingerprint density at radius 2 is 1.85 bits per heavy atom. The van der Waals surface area contributed by atoms with E-state index in [0.29, 0.717) is 35.7 Å². The average molecular weight is 454 g/mol. The Balaban J connectivity index is 1.76. The van der Waals surface area contributed by atoms with Crippen LogP contribution in [0.5, 0.6) is 0 Å². The predicted octanol–water partition coefficient (Wildman–Crippen LogP) is 4.61. The summed E-state index contributed by atoms with van der Waals surface area (Å²) in [6, 6.07) is 8.02. The molecule has 1 N–H and O–H groups in total. The van der Waals surface area contributed by atoms with Gasteiger partial charge in [0.2, 0.25) is 5.95 Å². The molecule has 1 fully saturated rings. The van der Waals surface area contributed by atoms with Crippen molar-refractivity contribution in [1.82, 2.24) is 19.1 Å². The van der Waals surface area contributed by atoms with Crippen LogP contribution in [0.25, 0.3) is 17.1 Å². The second-order valence-corrected chi connectivity index (χ2v) is 9.59. The zero-order valence-corrected chi connectivity index (χ0v) is 19.7. The first kappa shape index (κ1) is 23.2. The third kappa shape index (κ3) is 5.00. The fourth-order valence-corrected chi connectivity index (χ4v) is 4.48. The maximum absolute atomic E-state index is 13.6. The van der Waals surface area contributed by atoms with Gasteiger partial charge in [0.25, 0.3) is 0 Å². The molecule has 1 aromatic carbocycles. The van der Waals surface area contributed by atoms with Gasteiger partial charge in [-0.3, -0.25) is 9.13 Å². The number of halogens is 1. The molecule has 0 unspecified atom stereocenters. The molecule has 0 amide bonds. The molecule has 2 heterocycles. The van der Waals surface area contributed by atoms with Gasteiger partial charge in [-0.05, 0) is 75.8 Å². The summed E-state index contributed by atoms with van der Waals surface area (Å²) in [6.45, 7) is 6.52. The first-order valence-electron chi connectivity index (χ1n) is 11.5. The van der Waals surface area contributed by atoms with E-state index < -0.39 is 5.54 Å². The summed E-state index contributed by atoms with van der Waals surface area (Å²) < 4.78 is 22.1. The summed E-state index contributed by atoms with van der Waals surface area (Å²) >= 11 is 0.